The Morgan fingerprint density at radius 3 is 2.46 bits per heavy atom. The highest BCUT2D eigenvalue weighted by molar-refractivity contribution is 9.10. The minimum absolute atomic E-state index is 0.177. The van der Waals surface area contributed by atoms with Crippen LogP contribution in [0.3, 0.4) is 0 Å². The van der Waals surface area contributed by atoms with Crippen LogP contribution in [0.1, 0.15) is 24.0 Å². The topological polar surface area (TPSA) is 41.5 Å². The zero-order valence-electron chi connectivity index (χ0n) is 12.7. The summed E-state index contributed by atoms with van der Waals surface area (Å²) in [4.78, 5) is 12.1. The molecule has 0 atom stereocenters. The molecule has 0 saturated heterocycles. The first-order valence-electron chi connectivity index (χ1n) is 7.59. The van der Waals surface area contributed by atoms with Crippen molar-refractivity contribution < 1.29 is 4.79 Å². The second kappa shape index (κ2) is 7.68. The normalized spacial score (nSPS) is 14.5. The van der Waals surface area contributed by atoms with E-state index in [1.165, 1.54) is 0 Å². The Hall–Kier alpha value is -1.36. The van der Waals surface area contributed by atoms with E-state index in [1.54, 1.807) is 18.2 Å². The molecule has 1 N–H and O–H groups in total. The van der Waals surface area contributed by atoms with Gasteiger partial charge in [-0.3, -0.25) is 4.79 Å². The number of amides is 1. The summed E-state index contributed by atoms with van der Waals surface area (Å²) in [6.45, 7) is 0. The lowest BCUT2D eigenvalue weighted by molar-refractivity contribution is -0.120. The minimum atomic E-state index is -0.177. The van der Waals surface area contributed by atoms with E-state index in [0.29, 0.717) is 16.0 Å². The summed E-state index contributed by atoms with van der Waals surface area (Å²) in [5.74, 6) is 0.250. The summed E-state index contributed by atoms with van der Waals surface area (Å²) in [7, 11) is 0. The van der Waals surface area contributed by atoms with Crippen LogP contribution in [0.2, 0.25) is 10.0 Å². The Morgan fingerprint density at radius 1 is 1.12 bits per heavy atom. The van der Waals surface area contributed by atoms with E-state index in [0.717, 1.165) is 34.2 Å². The Bertz CT molecular complexity index is 786. The number of nitrogens with one attached hydrogen (secondary N) is 1. The van der Waals surface area contributed by atoms with E-state index in [2.05, 4.69) is 26.5 Å². The van der Waals surface area contributed by atoms with Crippen molar-refractivity contribution in [2.45, 2.75) is 19.3 Å². The second-order valence-corrected chi connectivity index (χ2v) is 7.47. The summed E-state index contributed by atoms with van der Waals surface area (Å²) >= 11 is 15.3. The molecule has 3 nitrogen and oxygen atoms in total. The van der Waals surface area contributed by atoms with Gasteiger partial charge in [0.2, 0.25) is 5.91 Å². The number of halogens is 3. The summed E-state index contributed by atoms with van der Waals surface area (Å²) in [6, 6.07) is 13.1. The number of rotatable bonds is 5. The van der Waals surface area contributed by atoms with E-state index in [9.17, 15) is 4.79 Å². The number of nitrogens with zero attached hydrogens (tertiary/aromatic N) is 1. The lowest BCUT2D eigenvalue weighted by Crippen LogP contribution is -2.22. The smallest absolute Gasteiger partial charge is 0.244 e. The van der Waals surface area contributed by atoms with Crippen molar-refractivity contribution in [3.8, 4) is 0 Å². The first-order chi connectivity index (χ1) is 11.5. The van der Waals surface area contributed by atoms with Gasteiger partial charge in [-0.15, -0.1) is 0 Å². The fraction of sp³-hybridized carbons (Fsp3) is 0.222. The molecule has 1 saturated carbocycles. The number of hydrazone groups is 1. The summed E-state index contributed by atoms with van der Waals surface area (Å²) < 4.78 is 1.02. The third-order valence-corrected chi connectivity index (χ3v) is 5.02. The van der Waals surface area contributed by atoms with Crippen LogP contribution < -0.4 is 5.43 Å². The van der Waals surface area contributed by atoms with Gasteiger partial charge in [-0.05, 0) is 48.2 Å². The van der Waals surface area contributed by atoms with Crippen LogP contribution in [0.15, 0.2) is 52.0 Å². The highest BCUT2D eigenvalue weighted by Gasteiger charge is 2.29. The van der Waals surface area contributed by atoms with Crippen LogP contribution in [-0.4, -0.2) is 11.6 Å². The molecular weight excluding hydrogens is 411 g/mol. The molecule has 2 aromatic rings. The van der Waals surface area contributed by atoms with Gasteiger partial charge in [-0.25, -0.2) is 5.43 Å². The number of carbonyl (C=O) groups is 1. The molecule has 1 amide bonds. The fourth-order valence-corrected chi connectivity index (χ4v) is 2.95. The molecule has 0 heterocycles. The second-order valence-electron chi connectivity index (χ2n) is 5.74. The molecule has 0 radical (unpaired) electrons. The SMILES string of the molecule is O=C(Cc1ccc(Cl)c(Cl)c1)N/N=C(/c1ccc(Br)cc1)C1CC1. The summed E-state index contributed by atoms with van der Waals surface area (Å²) in [5.41, 5.74) is 5.43. The lowest BCUT2D eigenvalue weighted by Gasteiger charge is -2.07. The van der Waals surface area contributed by atoms with Crippen molar-refractivity contribution in [2.24, 2.45) is 11.0 Å². The van der Waals surface area contributed by atoms with Crippen molar-refractivity contribution in [1.29, 1.82) is 0 Å². The fourth-order valence-electron chi connectivity index (χ4n) is 2.37. The van der Waals surface area contributed by atoms with Crippen LogP contribution in [0.5, 0.6) is 0 Å². The summed E-state index contributed by atoms with van der Waals surface area (Å²) in [5, 5.41) is 5.28. The number of hydrogen-bond acceptors (Lipinski definition) is 2. The first kappa shape index (κ1) is 17.5. The van der Waals surface area contributed by atoms with Crippen molar-refractivity contribution in [3.05, 3.63) is 68.1 Å². The molecule has 1 fully saturated rings. The van der Waals surface area contributed by atoms with Gasteiger partial charge in [-0.2, -0.15) is 5.10 Å². The zero-order valence-corrected chi connectivity index (χ0v) is 15.8. The molecule has 3 rings (SSSR count). The Balaban J connectivity index is 1.68. The molecular formula is C18H15BrCl2N2O. The van der Waals surface area contributed by atoms with Crippen LogP contribution in [0.4, 0.5) is 0 Å². The van der Waals surface area contributed by atoms with Gasteiger partial charge >= 0.3 is 0 Å². The molecule has 2 aromatic carbocycles. The van der Waals surface area contributed by atoms with E-state index < -0.39 is 0 Å². The maximum absolute atomic E-state index is 12.1. The van der Waals surface area contributed by atoms with E-state index >= 15 is 0 Å². The largest absolute Gasteiger partial charge is 0.273 e. The number of carbonyl (C=O) groups excluding carboxylic acids is 1. The standard InChI is InChI=1S/C18H15BrCl2N2O/c19-14-6-4-13(5-7-14)18(12-2-3-12)23-22-17(24)10-11-1-8-15(20)16(21)9-11/h1,4-9,12H,2-3,10H2,(H,22,24)/b23-18+. The van der Waals surface area contributed by atoms with Crippen molar-refractivity contribution in [2.75, 3.05) is 0 Å². The Morgan fingerprint density at radius 2 is 1.83 bits per heavy atom. The Labute approximate surface area is 159 Å². The maximum atomic E-state index is 12.1. The predicted molar refractivity (Wildman–Crippen MR) is 102 cm³/mol. The molecule has 0 aromatic heterocycles. The van der Waals surface area contributed by atoms with Crippen LogP contribution in [0, 0.1) is 5.92 Å². The third kappa shape index (κ3) is 4.59. The lowest BCUT2D eigenvalue weighted by atomic mass is 10.1. The zero-order chi connectivity index (χ0) is 17.1. The molecule has 1 aliphatic rings. The molecule has 0 bridgehead atoms. The Kier molecular flexibility index (Phi) is 5.59. The molecule has 0 spiro atoms. The molecule has 6 heteroatoms. The van der Waals surface area contributed by atoms with Gasteiger partial charge < -0.3 is 0 Å². The van der Waals surface area contributed by atoms with Crippen molar-refractivity contribution in [3.63, 3.8) is 0 Å². The van der Waals surface area contributed by atoms with Crippen LogP contribution >= 0.6 is 39.1 Å². The van der Waals surface area contributed by atoms with Gasteiger partial charge in [0.25, 0.3) is 0 Å². The highest BCUT2D eigenvalue weighted by Crippen LogP contribution is 2.33. The van der Waals surface area contributed by atoms with E-state index in [4.69, 9.17) is 23.2 Å². The third-order valence-electron chi connectivity index (χ3n) is 3.75. The predicted octanol–water partition coefficient (Wildman–Crippen LogP) is 5.23. The van der Waals surface area contributed by atoms with Gasteiger partial charge in [-0.1, -0.05) is 57.3 Å². The first-order valence-corrected chi connectivity index (χ1v) is 9.14. The van der Waals surface area contributed by atoms with Gasteiger partial charge in [0.05, 0.1) is 22.2 Å². The number of hydrogen-bond donors (Lipinski definition) is 1. The van der Waals surface area contributed by atoms with Crippen LogP contribution in [0.25, 0.3) is 0 Å². The monoisotopic (exact) mass is 424 g/mol. The average Bonchev–Trinajstić information content (AvgIpc) is 3.38. The minimum Gasteiger partial charge on any atom is -0.273 e. The molecule has 0 unspecified atom stereocenters. The van der Waals surface area contributed by atoms with Crippen molar-refractivity contribution >= 4 is 50.8 Å². The van der Waals surface area contributed by atoms with E-state index in [1.807, 2.05) is 24.3 Å². The highest BCUT2D eigenvalue weighted by atomic mass is 79.9. The molecule has 1 aliphatic carbocycles. The van der Waals surface area contributed by atoms with Gasteiger partial charge in [0.1, 0.15) is 0 Å². The van der Waals surface area contributed by atoms with Crippen LogP contribution in [-0.2, 0) is 11.2 Å². The average molecular weight is 426 g/mol. The quantitative estimate of drug-likeness (QED) is 0.517. The maximum Gasteiger partial charge on any atom is 0.244 e. The van der Waals surface area contributed by atoms with Gasteiger partial charge in [0, 0.05) is 10.4 Å². The molecule has 124 valence electrons. The summed E-state index contributed by atoms with van der Waals surface area (Å²) in [6.07, 6.45) is 2.42. The van der Waals surface area contributed by atoms with Crippen molar-refractivity contribution in [1.82, 2.24) is 5.43 Å². The van der Waals surface area contributed by atoms with Gasteiger partial charge in [0.15, 0.2) is 0 Å². The van der Waals surface area contributed by atoms with E-state index in [-0.39, 0.29) is 12.3 Å². The molecule has 24 heavy (non-hydrogen) atoms. The molecule has 0 aliphatic heterocycles. The number of benzene rings is 2.